The quantitative estimate of drug-likeness (QED) is 0.343. The van der Waals surface area contributed by atoms with Crippen LogP contribution >= 0.6 is 0 Å². The molecule has 0 atom stereocenters. The van der Waals surface area contributed by atoms with Crippen LogP contribution in [0.4, 0.5) is 4.39 Å². The van der Waals surface area contributed by atoms with Crippen LogP contribution in [0.25, 0.3) is 10.9 Å². The molecule has 3 heterocycles. The number of aryl methyl sites for hydroxylation is 2. The van der Waals surface area contributed by atoms with Crippen LogP contribution in [-0.2, 0) is 9.53 Å². The SMILES string of the molecule is C=C.CC(C)(F)COC1=NC2=C(CCN(CC=C3CCCCC3)C2)C1.Cc1[nH]nc2c(C)cccc12.NC=O. The summed E-state index contributed by atoms with van der Waals surface area (Å²) in [6.45, 7) is 16.3. The summed E-state index contributed by atoms with van der Waals surface area (Å²) < 4.78 is 19.1. The minimum atomic E-state index is -1.30. The topological polar surface area (TPSA) is 96.6 Å². The lowest BCUT2D eigenvalue weighted by Crippen LogP contribution is -2.31. The molecule has 0 saturated heterocycles. The van der Waals surface area contributed by atoms with Crippen LogP contribution in [0.15, 0.2) is 59.3 Å². The van der Waals surface area contributed by atoms with Crippen molar-refractivity contribution >= 4 is 23.2 Å². The van der Waals surface area contributed by atoms with Crippen molar-refractivity contribution in [1.82, 2.24) is 15.1 Å². The predicted octanol–water partition coefficient (Wildman–Crippen LogP) is 6.49. The highest BCUT2D eigenvalue weighted by Gasteiger charge is 2.26. The van der Waals surface area contributed by atoms with Gasteiger partial charge in [-0.05, 0) is 70.9 Å². The van der Waals surface area contributed by atoms with Gasteiger partial charge in [0.2, 0.25) is 6.41 Å². The van der Waals surface area contributed by atoms with Crippen LogP contribution < -0.4 is 5.73 Å². The summed E-state index contributed by atoms with van der Waals surface area (Å²) in [5, 5.41) is 8.39. The fourth-order valence-corrected chi connectivity index (χ4v) is 4.79. The van der Waals surface area contributed by atoms with Gasteiger partial charge in [-0.25, -0.2) is 9.38 Å². The molecule has 8 heteroatoms. The van der Waals surface area contributed by atoms with Gasteiger partial charge in [0.15, 0.2) is 5.90 Å². The number of hydrogen-bond acceptors (Lipinski definition) is 5. The first-order valence-electron chi connectivity index (χ1n) is 13.8. The number of allylic oxidation sites excluding steroid dienone is 1. The zero-order chi connectivity index (χ0) is 28.8. The number of carbonyl (C=O) groups is 1. The van der Waals surface area contributed by atoms with Crippen LogP contribution in [0.2, 0.25) is 0 Å². The Hall–Kier alpha value is -3.26. The number of aliphatic imine (C=N–C) groups is 1. The molecule has 0 bridgehead atoms. The number of carbonyl (C=O) groups excluding carboxylic acids is 1. The number of hydrogen-bond donors (Lipinski definition) is 2. The number of halogens is 1. The molecule has 214 valence electrons. The van der Waals surface area contributed by atoms with Crippen molar-refractivity contribution in [3.05, 3.63) is 65.5 Å². The summed E-state index contributed by atoms with van der Waals surface area (Å²) in [6, 6.07) is 6.21. The fraction of sp³-hybridized carbons (Fsp3) is 0.516. The van der Waals surface area contributed by atoms with E-state index in [1.165, 1.54) is 62.5 Å². The highest BCUT2D eigenvalue weighted by molar-refractivity contribution is 5.84. The molecular weight excluding hydrogens is 493 g/mol. The Balaban J connectivity index is 0.000000276. The number of para-hydroxylation sites is 1. The van der Waals surface area contributed by atoms with Crippen molar-refractivity contribution in [2.75, 3.05) is 26.2 Å². The third-order valence-corrected chi connectivity index (χ3v) is 6.83. The molecule has 3 aliphatic rings. The largest absolute Gasteiger partial charge is 0.477 e. The molecule has 5 rings (SSSR count). The van der Waals surface area contributed by atoms with Gasteiger partial charge < -0.3 is 10.5 Å². The molecule has 1 amide bonds. The number of ether oxygens (including phenoxy) is 1. The number of aromatic nitrogens is 2. The standard InChI is InChI=1S/C19H29FN2O.C9H10N2.C2H4.CH3NO/c1-19(2,20)14-23-18-12-16-9-11-22(13-17(16)21-18)10-8-15-6-4-3-5-7-15;1-6-4-3-5-8-7(2)10-11-9(6)8;1-2;2-1-3/h8H,3-7,9-14H2,1-2H3;3-5H,1-2H3,(H,10,11);1-2H2;1H,(H2,2,3). The van der Waals surface area contributed by atoms with E-state index in [1.54, 1.807) is 5.57 Å². The molecule has 2 aromatic rings. The first-order chi connectivity index (χ1) is 18.7. The Kier molecular flexibility index (Phi) is 13.1. The monoisotopic (exact) mass is 539 g/mol. The first-order valence-corrected chi connectivity index (χ1v) is 13.8. The Morgan fingerprint density at radius 3 is 2.51 bits per heavy atom. The Morgan fingerprint density at radius 1 is 1.18 bits per heavy atom. The average Bonchev–Trinajstić information content (AvgIpc) is 3.52. The van der Waals surface area contributed by atoms with Crippen molar-refractivity contribution in [1.29, 1.82) is 0 Å². The number of nitrogens with two attached hydrogens (primary N) is 1. The summed E-state index contributed by atoms with van der Waals surface area (Å²) in [7, 11) is 0. The Morgan fingerprint density at radius 2 is 1.87 bits per heavy atom. The van der Waals surface area contributed by atoms with Gasteiger partial charge >= 0.3 is 0 Å². The molecule has 0 spiro atoms. The van der Waals surface area contributed by atoms with E-state index in [0.717, 1.165) is 49.4 Å². The number of primary amides is 1. The molecule has 1 aliphatic carbocycles. The molecule has 3 N–H and O–H groups in total. The van der Waals surface area contributed by atoms with Gasteiger partial charge in [-0.3, -0.25) is 14.8 Å². The normalized spacial score (nSPS) is 16.9. The van der Waals surface area contributed by atoms with Crippen molar-refractivity contribution in [2.45, 2.75) is 78.3 Å². The third-order valence-electron chi connectivity index (χ3n) is 6.83. The van der Waals surface area contributed by atoms with Gasteiger partial charge in [0.05, 0.1) is 11.2 Å². The number of fused-ring (bicyclic) bond motifs is 1. The number of amides is 1. The molecule has 1 aromatic heterocycles. The van der Waals surface area contributed by atoms with Gasteiger partial charge in [-0.15, -0.1) is 13.2 Å². The van der Waals surface area contributed by atoms with Gasteiger partial charge in [-0.2, -0.15) is 5.10 Å². The molecular formula is C31H46FN5O2. The average molecular weight is 540 g/mol. The van der Waals surface area contributed by atoms with Crippen molar-refractivity contribution in [2.24, 2.45) is 10.7 Å². The van der Waals surface area contributed by atoms with Gasteiger partial charge in [0.1, 0.15) is 12.3 Å². The number of H-pyrrole nitrogens is 1. The molecule has 0 radical (unpaired) electrons. The highest BCUT2D eigenvalue weighted by atomic mass is 19.1. The zero-order valence-corrected chi connectivity index (χ0v) is 24.2. The maximum atomic E-state index is 13.5. The summed E-state index contributed by atoms with van der Waals surface area (Å²) in [6.07, 6.45) is 11.2. The number of nitrogens with zero attached hydrogens (tertiary/aromatic N) is 3. The fourth-order valence-electron chi connectivity index (χ4n) is 4.79. The Bertz CT molecular complexity index is 1150. The lowest BCUT2D eigenvalue weighted by molar-refractivity contribution is -0.106. The van der Waals surface area contributed by atoms with E-state index in [1.807, 2.05) is 6.92 Å². The van der Waals surface area contributed by atoms with E-state index in [4.69, 9.17) is 9.53 Å². The summed E-state index contributed by atoms with van der Waals surface area (Å²) in [4.78, 5) is 15.7. The lowest BCUT2D eigenvalue weighted by Gasteiger charge is -2.26. The summed E-state index contributed by atoms with van der Waals surface area (Å²) >= 11 is 0. The molecule has 1 saturated carbocycles. The van der Waals surface area contributed by atoms with Crippen molar-refractivity contribution < 1.29 is 13.9 Å². The van der Waals surface area contributed by atoms with E-state index >= 15 is 0 Å². The number of benzene rings is 1. The number of rotatable bonds is 4. The Labute approximate surface area is 233 Å². The molecule has 0 unspecified atom stereocenters. The van der Waals surface area contributed by atoms with Crippen LogP contribution in [-0.4, -0.2) is 59.3 Å². The lowest BCUT2D eigenvalue weighted by atomic mass is 9.94. The van der Waals surface area contributed by atoms with Gasteiger partial charge in [0.25, 0.3) is 0 Å². The van der Waals surface area contributed by atoms with Crippen molar-refractivity contribution in [3.8, 4) is 0 Å². The number of nitrogens with one attached hydrogen (secondary N) is 1. The molecule has 2 aliphatic heterocycles. The van der Waals surface area contributed by atoms with E-state index in [-0.39, 0.29) is 13.0 Å². The minimum Gasteiger partial charge on any atom is -0.477 e. The third kappa shape index (κ3) is 10.4. The number of alkyl halides is 1. The molecule has 7 nitrogen and oxygen atoms in total. The molecule has 39 heavy (non-hydrogen) atoms. The zero-order valence-electron chi connectivity index (χ0n) is 24.2. The van der Waals surface area contributed by atoms with E-state index in [9.17, 15) is 4.39 Å². The van der Waals surface area contributed by atoms with E-state index < -0.39 is 5.67 Å². The maximum absolute atomic E-state index is 13.5. The van der Waals surface area contributed by atoms with Gasteiger partial charge in [-0.1, -0.05) is 36.3 Å². The molecule has 1 aromatic carbocycles. The number of aromatic amines is 1. The highest BCUT2D eigenvalue weighted by Crippen LogP contribution is 2.29. The second-order valence-electron chi connectivity index (χ2n) is 10.6. The van der Waals surface area contributed by atoms with Crippen molar-refractivity contribution in [3.63, 3.8) is 0 Å². The first kappa shape index (κ1) is 32.0. The smallest absolute Gasteiger partial charge is 0.204 e. The summed E-state index contributed by atoms with van der Waals surface area (Å²) in [5.41, 5.74) is 10.5. The molecule has 1 fully saturated rings. The van der Waals surface area contributed by atoms with Gasteiger partial charge in [0, 0.05) is 37.1 Å². The summed E-state index contributed by atoms with van der Waals surface area (Å²) in [5.74, 6) is 0.702. The van der Waals surface area contributed by atoms with E-state index in [2.05, 4.69) is 70.2 Å². The van der Waals surface area contributed by atoms with E-state index in [0.29, 0.717) is 5.90 Å². The second kappa shape index (κ2) is 16.0. The van der Waals surface area contributed by atoms with Crippen LogP contribution in [0.5, 0.6) is 0 Å². The minimum absolute atomic E-state index is 0.0855. The van der Waals surface area contributed by atoms with Crippen LogP contribution in [0, 0.1) is 13.8 Å². The maximum Gasteiger partial charge on any atom is 0.204 e. The van der Waals surface area contributed by atoms with Crippen LogP contribution in [0.3, 0.4) is 0 Å². The predicted molar refractivity (Wildman–Crippen MR) is 160 cm³/mol. The second-order valence-corrected chi connectivity index (χ2v) is 10.6. The van der Waals surface area contributed by atoms with Crippen LogP contribution in [0.1, 0.15) is 70.1 Å².